The molecule has 1 aromatic heterocycles. The van der Waals surface area contributed by atoms with Gasteiger partial charge in [0.1, 0.15) is 0 Å². The first kappa shape index (κ1) is 10.2. The van der Waals surface area contributed by atoms with Gasteiger partial charge in [-0.3, -0.25) is 4.79 Å². The lowest BCUT2D eigenvalue weighted by atomic mass is 10.0. The lowest BCUT2D eigenvalue weighted by molar-refractivity contribution is -0.141. The highest BCUT2D eigenvalue weighted by Gasteiger charge is 2.18. The minimum atomic E-state index is -0.189. The Bertz CT molecular complexity index is 487. The van der Waals surface area contributed by atoms with Gasteiger partial charge in [-0.15, -0.1) is 11.3 Å². The van der Waals surface area contributed by atoms with Gasteiger partial charge in [0.2, 0.25) is 0 Å². The second kappa shape index (κ2) is 4.03. The summed E-state index contributed by atoms with van der Waals surface area (Å²) in [5, 5.41) is 3.19. The summed E-state index contributed by atoms with van der Waals surface area (Å²) in [5.74, 6) is -0.371. The molecule has 0 fully saturated rings. The molecule has 0 N–H and O–H groups in total. The first-order chi connectivity index (χ1) is 7.24. The number of hydrogen-bond donors (Lipinski definition) is 0. The Balaban J connectivity index is 2.48. The molecule has 1 atom stereocenters. The molecule has 78 valence electrons. The molecule has 0 saturated heterocycles. The quantitative estimate of drug-likeness (QED) is 0.726. The van der Waals surface area contributed by atoms with Gasteiger partial charge in [0.15, 0.2) is 0 Å². The van der Waals surface area contributed by atoms with Crippen LogP contribution in [0.4, 0.5) is 0 Å². The first-order valence-electron chi connectivity index (χ1n) is 4.78. The van der Waals surface area contributed by atoms with E-state index in [1.165, 1.54) is 11.8 Å². The van der Waals surface area contributed by atoms with Gasteiger partial charge >= 0.3 is 5.97 Å². The van der Waals surface area contributed by atoms with Crippen LogP contribution in [0.1, 0.15) is 18.4 Å². The Morgan fingerprint density at radius 1 is 1.40 bits per heavy atom. The van der Waals surface area contributed by atoms with Crippen LogP contribution in [0.15, 0.2) is 29.6 Å². The van der Waals surface area contributed by atoms with Crippen molar-refractivity contribution in [3.63, 3.8) is 0 Å². The number of carbonyl (C=O) groups is 1. The van der Waals surface area contributed by atoms with Crippen molar-refractivity contribution < 1.29 is 9.53 Å². The van der Waals surface area contributed by atoms with E-state index in [2.05, 4.69) is 6.07 Å². The Morgan fingerprint density at radius 2 is 2.13 bits per heavy atom. The maximum absolute atomic E-state index is 11.4. The fourth-order valence-corrected chi connectivity index (χ4v) is 2.69. The van der Waals surface area contributed by atoms with E-state index in [-0.39, 0.29) is 11.9 Å². The molecular weight excluding hydrogens is 208 g/mol. The monoisotopic (exact) mass is 220 g/mol. The second-order valence-electron chi connectivity index (χ2n) is 3.43. The van der Waals surface area contributed by atoms with Crippen LogP contribution in [0.5, 0.6) is 0 Å². The number of fused-ring (bicyclic) bond motifs is 1. The van der Waals surface area contributed by atoms with Crippen LogP contribution in [-0.2, 0) is 9.53 Å². The molecule has 0 aliphatic carbocycles. The van der Waals surface area contributed by atoms with Gasteiger partial charge in [-0.1, -0.05) is 18.2 Å². The van der Waals surface area contributed by atoms with Crippen molar-refractivity contribution >= 4 is 27.4 Å². The molecule has 3 heteroatoms. The van der Waals surface area contributed by atoms with E-state index in [1.54, 1.807) is 11.3 Å². The SMILES string of the molecule is COC(=O)C(C)c1csc2ccccc12. The van der Waals surface area contributed by atoms with E-state index in [0.717, 1.165) is 10.9 Å². The van der Waals surface area contributed by atoms with E-state index in [9.17, 15) is 4.79 Å². The number of hydrogen-bond acceptors (Lipinski definition) is 3. The molecule has 2 nitrogen and oxygen atoms in total. The zero-order valence-electron chi connectivity index (χ0n) is 8.69. The van der Waals surface area contributed by atoms with Crippen molar-refractivity contribution in [2.45, 2.75) is 12.8 Å². The molecule has 0 aliphatic rings. The van der Waals surface area contributed by atoms with Crippen LogP contribution < -0.4 is 0 Å². The molecule has 15 heavy (non-hydrogen) atoms. The summed E-state index contributed by atoms with van der Waals surface area (Å²) in [6.07, 6.45) is 0. The summed E-state index contributed by atoms with van der Waals surface area (Å²) in [5.41, 5.74) is 1.06. The van der Waals surface area contributed by atoms with E-state index in [0.29, 0.717) is 0 Å². The molecule has 0 radical (unpaired) electrons. The van der Waals surface area contributed by atoms with Gasteiger partial charge in [-0.25, -0.2) is 0 Å². The van der Waals surface area contributed by atoms with Crippen LogP contribution in [0, 0.1) is 0 Å². The van der Waals surface area contributed by atoms with Crippen LogP contribution in [0.25, 0.3) is 10.1 Å². The average Bonchev–Trinajstić information content (AvgIpc) is 2.70. The predicted octanol–water partition coefficient (Wildman–Crippen LogP) is 3.18. The van der Waals surface area contributed by atoms with Gasteiger partial charge in [-0.05, 0) is 29.3 Å². The average molecular weight is 220 g/mol. The minimum absolute atomic E-state index is 0.182. The number of ether oxygens (including phenoxy) is 1. The third-order valence-corrected chi connectivity index (χ3v) is 3.51. The van der Waals surface area contributed by atoms with Crippen molar-refractivity contribution in [2.24, 2.45) is 0 Å². The number of esters is 1. The van der Waals surface area contributed by atoms with E-state index in [1.807, 2.05) is 30.5 Å². The summed E-state index contributed by atoms with van der Waals surface area (Å²) < 4.78 is 5.96. The van der Waals surface area contributed by atoms with Gasteiger partial charge in [0.25, 0.3) is 0 Å². The number of thiophene rings is 1. The number of rotatable bonds is 2. The Morgan fingerprint density at radius 3 is 2.87 bits per heavy atom. The molecule has 2 aromatic rings. The molecular formula is C12H12O2S. The minimum Gasteiger partial charge on any atom is -0.469 e. The molecule has 1 unspecified atom stereocenters. The highest BCUT2D eigenvalue weighted by atomic mass is 32.1. The number of benzene rings is 1. The van der Waals surface area contributed by atoms with Crippen LogP contribution in [0.2, 0.25) is 0 Å². The summed E-state index contributed by atoms with van der Waals surface area (Å²) in [4.78, 5) is 11.4. The van der Waals surface area contributed by atoms with Gasteiger partial charge < -0.3 is 4.74 Å². The number of methoxy groups -OCH3 is 1. The summed E-state index contributed by atoms with van der Waals surface area (Å²) in [6.45, 7) is 1.88. The smallest absolute Gasteiger partial charge is 0.312 e. The zero-order chi connectivity index (χ0) is 10.8. The van der Waals surface area contributed by atoms with Crippen LogP contribution >= 0.6 is 11.3 Å². The van der Waals surface area contributed by atoms with E-state index < -0.39 is 0 Å². The molecule has 0 aliphatic heterocycles. The van der Waals surface area contributed by atoms with Crippen molar-refractivity contribution in [3.8, 4) is 0 Å². The summed E-state index contributed by atoms with van der Waals surface area (Å²) in [6, 6.07) is 8.10. The molecule has 2 rings (SSSR count). The first-order valence-corrected chi connectivity index (χ1v) is 5.66. The van der Waals surface area contributed by atoms with Crippen LogP contribution in [0.3, 0.4) is 0 Å². The van der Waals surface area contributed by atoms with E-state index >= 15 is 0 Å². The third kappa shape index (κ3) is 1.75. The zero-order valence-corrected chi connectivity index (χ0v) is 9.51. The lowest BCUT2D eigenvalue weighted by Crippen LogP contribution is -2.10. The summed E-state index contributed by atoms with van der Waals surface area (Å²) in [7, 11) is 1.42. The normalized spacial score (nSPS) is 12.7. The molecule has 0 bridgehead atoms. The Kier molecular flexibility index (Phi) is 2.73. The molecule has 1 aromatic carbocycles. The maximum atomic E-state index is 11.4. The molecule has 1 heterocycles. The van der Waals surface area contributed by atoms with Crippen molar-refractivity contribution in [2.75, 3.05) is 7.11 Å². The fraction of sp³-hybridized carbons (Fsp3) is 0.250. The topological polar surface area (TPSA) is 26.3 Å². The highest BCUT2D eigenvalue weighted by molar-refractivity contribution is 7.17. The third-order valence-electron chi connectivity index (χ3n) is 2.53. The Hall–Kier alpha value is -1.35. The highest BCUT2D eigenvalue weighted by Crippen LogP contribution is 2.31. The maximum Gasteiger partial charge on any atom is 0.312 e. The van der Waals surface area contributed by atoms with Gasteiger partial charge in [-0.2, -0.15) is 0 Å². The van der Waals surface area contributed by atoms with Gasteiger partial charge in [0.05, 0.1) is 13.0 Å². The van der Waals surface area contributed by atoms with Crippen molar-refractivity contribution in [3.05, 3.63) is 35.2 Å². The Labute approximate surface area is 92.5 Å². The van der Waals surface area contributed by atoms with Crippen molar-refractivity contribution in [1.29, 1.82) is 0 Å². The molecule has 0 amide bonds. The van der Waals surface area contributed by atoms with Crippen molar-refractivity contribution in [1.82, 2.24) is 0 Å². The lowest BCUT2D eigenvalue weighted by Gasteiger charge is -2.07. The second-order valence-corrected chi connectivity index (χ2v) is 4.34. The standard InChI is InChI=1S/C12H12O2S/c1-8(12(13)14-2)10-7-15-11-6-4-3-5-9(10)11/h3-8H,1-2H3. The van der Waals surface area contributed by atoms with Crippen LogP contribution in [-0.4, -0.2) is 13.1 Å². The van der Waals surface area contributed by atoms with Gasteiger partial charge in [0, 0.05) is 4.70 Å². The molecule has 0 spiro atoms. The number of carbonyl (C=O) groups excluding carboxylic acids is 1. The summed E-state index contributed by atoms with van der Waals surface area (Å²) >= 11 is 1.66. The molecule has 0 saturated carbocycles. The van der Waals surface area contributed by atoms with E-state index in [4.69, 9.17) is 4.74 Å². The largest absolute Gasteiger partial charge is 0.469 e. The fourth-order valence-electron chi connectivity index (χ4n) is 1.64. The predicted molar refractivity (Wildman–Crippen MR) is 62.3 cm³/mol.